The number of imidazole rings is 1. The van der Waals surface area contributed by atoms with Crippen LogP contribution in [0.3, 0.4) is 0 Å². The topological polar surface area (TPSA) is 92.8 Å². The predicted molar refractivity (Wildman–Crippen MR) is 98.6 cm³/mol. The molecule has 3 heterocycles. The molecule has 0 radical (unpaired) electrons. The minimum absolute atomic E-state index is 0.143. The lowest BCUT2D eigenvalue weighted by molar-refractivity contribution is 0.0950. The van der Waals surface area contributed by atoms with Gasteiger partial charge < -0.3 is 15.0 Å². The average Bonchev–Trinajstić information content (AvgIpc) is 3.28. The van der Waals surface area contributed by atoms with E-state index in [9.17, 15) is 4.79 Å². The van der Waals surface area contributed by atoms with Crippen LogP contribution in [-0.4, -0.2) is 39.7 Å². The van der Waals surface area contributed by atoms with E-state index >= 15 is 0 Å². The summed E-state index contributed by atoms with van der Waals surface area (Å²) in [5, 5.41) is 12.9. The fourth-order valence-electron chi connectivity index (χ4n) is 3.09. The van der Waals surface area contributed by atoms with Crippen LogP contribution in [0.2, 0.25) is 0 Å². The van der Waals surface area contributed by atoms with Gasteiger partial charge in [-0.3, -0.25) is 4.79 Å². The molecule has 2 aromatic heterocycles. The molecule has 3 aromatic rings. The third-order valence-electron chi connectivity index (χ3n) is 4.49. The molecular formula is C18H19N5O2S. The number of nitrogens with zero attached hydrogens (tertiary/aromatic N) is 3. The zero-order valence-electron chi connectivity index (χ0n) is 14.6. The number of benzene rings is 1. The highest BCUT2D eigenvalue weighted by atomic mass is 32.1. The molecule has 0 saturated carbocycles. The van der Waals surface area contributed by atoms with Crippen LogP contribution in [-0.2, 0) is 12.8 Å². The SMILES string of the molecule is CCc1nnc(-c2nc3c([nH]2)C[C@H](c2cccc(OC)c2)CNC3=O)s1. The van der Waals surface area contributed by atoms with Gasteiger partial charge in [0.15, 0.2) is 10.8 Å². The largest absolute Gasteiger partial charge is 0.497 e. The van der Waals surface area contributed by atoms with Gasteiger partial charge in [0.1, 0.15) is 16.5 Å². The number of carbonyl (C=O) groups excluding carboxylic acids is 1. The van der Waals surface area contributed by atoms with Crippen molar-refractivity contribution in [2.24, 2.45) is 0 Å². The minimum Gasteiger partial charge on any atom is -0.497 e. The summed E-state index contributed by atoms with van der Waals surface area (Å²) in [5.41, 5.74) is 2.40. The number of aromatic nitrogens is 4. The molecule has 26 heavy (non-hydrogen) atoms. The number of aromatic amines is 1. The van der Waals surface area contributed by atoms with E-state index in [0.717, 1.165) is 28.4 Å². The molecule has 1 aliphatic heterocycles. The zero-order chi connectivity index (χ0) is 18.1. The number of nitrogens with one attached hydrogen (secondary N) is 2. The number of aryl methyl sites for hydroxylation is 1. The van der Waals surface area contributed by atoms with Crippen LogP contribution in [0.15, 0.2) is 24.3 Å². The Morgan fingerprint density at radius 3 is 3.00 bits per heavy atom. The van der Waals surface area contributed by atoms with Crippen molar-refractivity contribution in [3.05, 3.63) is 46.2 Å². The first-order valence-electron chi connectivity index (χ1n) is 8.51. The van der Waals surface area contributed by atoms with Crippen LogP contribution in [0.25, 0.3) is 10.8 Å². The molecule has 0 saturated heterocycles. The first-order chi connectivity index (χ1) is 12.7. The van der Waals surface area contributed by atoms with Crippen LogP contribution in [0.5, 0.6) is 5.75 Å². The van der Waals surface area contributed by atoms with Crippen LogP contribution < -0.4 is 10.1 Å². The van der Waals surface area contributed by atoms with E-state index in [0.29, 0.717) is 29.5 Å². The van der Waals surface area contributed by atoms with Gasteiger partial charge in [0, 0.05) is 18.2 Å². The number of methoxy groups -OCH3 is 1. The van der Waals surface area contributed by atoms with Gasteiger partial charge in [-0.1, -0.05) is 30.4 Å². The summed E-state index contributed by atoms with van der Waals surface area (Å²) in [6, 6.07) is 7.95. The second-order valence-corrected chi connectivity index (χ2v) is 7.22. The van der Waals surface area contributed by atoms with Crippen LogP contribution in [0.4, 0.5) is 0 Å². The predicted octanol–water partition coefficient (Wildman–Crippen LogP) is 2.57. The summed E-state index contributed by atoms with van der Waals surface area (Å²) < 4.78 is 5.32. The molecule has 1 atom stereocenters. The maximum absolute atomic E-state index is 12.5. The van der Waals surface area contributed by atoms with Crippen molar-refractivity contribution in [2.75, 3.05) is 13.7 Å². The summed E-state index contributed by atoms with van der Waals surface area (Å²) in [5.74, 6) is 1.40. The average molecular weight is 369 g/mol. The molecule has 4 rings (SSSR count). The van der Waals surface area contributed by atoms with Gasteiger partial charge in [0.2, 0.25) is 0 Å². The van der Waals surface area contributed by atoms with E-state index in [-0.39, 0.29) is 11.8 Å². The molecule has 0 fully saturated rings. The Balaban J connectivity index is 1.67. The number of hydrogen-bond donors (Lipinski definition) is 2. The minimum atomic E-state index is -0.159. The van der Waals surface area contributed by atoms with Gasteiger partial charge in [-0.25, -0.2) is 4.98 Å². The monoisotopic (exact) mass is 369 g/mol. The molecule has 0 unspecified atom stereocenters. The summed E-state index contributed by atoms with van der Waals surface area (Å²) >= 11 is 1.49. The van der Waals surface area contributed by atoms with Crippen molar-refractivity contribution in [3.8, 4) is 16.6 Å². The van der Waals surface area contributed by atoms with Crippen LogP contribution in [0.1, 0.15) is 39.6 Å². The highest BCUT2D eigenvalue weighted by Gasteiger charge is 2.27. The molecule has 0 aliphatic carbocycles. The van der Waals surface area contributed by atoms with E-state index in [1.54, 1.807) is 7.11 Å². The van der Waals surface area contributed by atoms with Gasteiger partial charge in [-0.2, -0.15) is 0 Å². The van der Waals surface area contributed by atoms with Gasteiger partial charge in [0.05, 0.1) is 7.11 Å². The third-order valence-corrected chi connectivity index (χ3v) is 5.56. The van der Waals surface area contributed by atoms with Gasteiger partial charge >= 0.3 is 0 Å². The number of fused-ring (bicyclic) bond motifs is 1. The Bertz CT molecular complexity index is 949. The second-order valence-electron chi connectivity index (χ2n) is 6.15. The summed E-state index contributed by atoms with van der Waals surface area (Å²) in [6.45, 7) is 2.60. The fourth-order valence-corrected chi connectivity index (χ4v) is 3.81. The molecule has 134 valence electrons. The molecule has 1 amide bonds. The van der Waals surface area contributed by atoms with E-state index in [1.807, 2.05) is 25.1 Å². The molecule has 0 bridgehead atoms. The van der Waals surface area contributed by atoms with E-state index < -0.39 is 0 Å². The summed E-state index contributed by atoms with van der Waals surface area (Å²) in [4.78, 5) is 20.2. The van der Waals surface area contributed by atoms with E-state index in [2.05, 4.69) is 31.5 Å². The Labute approximate surface area is 154 Å². The number of rotatable bonds is 4. The molecule has 0 spiro atoms. The third kappa shape index (κ3) is 3.08. The maximum Gasteiger partial charge on any atom is 0.271 e. The number of H-pyrrole nitrogens is 1. The number of carbonyl (C=O) groups is 1. The Hall–Kier alpha value is -2.74. The van der Waals surface area contributed by atoms with Crippen molar-refractivity contribution in [2.45, 2.75) is 25.7 Å². The molecule has 7 nitrogen and oxygen atoms in total. The molecule has 8 heteroatoms. The molecular weight excluding hydrogens is 350 g/mol. The quantitative estimate of drug-likeness (QED) is 0.737. The smallest absolute Gasteiger partial charge is 0.271 e. The van der Waals surface area contributed by atoms with Crippen LogP contribution >= 0.6 is 11.3 Å². The van der Waals surface area contributed by atoms with Crippen molar-refractivity contribution < 1.29 is 9.53 Å². The Morgan fingerprint density at radius 2 is 2.23 bits per heavy atom. The number of amides is 1. The highest BCUT2D eigenvalue weighted by molar-refractivity contribution is 7.14. The summed E-state index contributed by atoms with van der Waals surface area (Å²) in [7, 11) is 1.65. The Morgan fingerprint density at radius 1 is 1.35 bits per heavy atom. The first kappa shape index (κ1) is 16.7. The first-order valence-corrected chi connectivity index (χ1v) is 9.33. The molecule has 2 N–H and O–H groups in total. The molecule has 1 aromatic carbocycles. The lowest BCUT2D eigenvalue weighted by Crippen LogP contribution is -2.26. The Kier molecular flexibility index (Phi) is 4.42. The number of hydrogen-bond acceptors (Lipinski definition) is 6. The highest BCUT2D eigenvalue weighted by Crippen LogP contribution is 2.29. The molecule has 1 aliphatic rings. The standard InChI is InChI=1S/C18H19N5O2S/c1-3-14-22-23-18(26-14)16-20-13-8-11(9-19-17(24)15(13)21-16)10-5-4-6-12(7-10)25-2/h4-7,11H,3,8-9H2,1-2H3,(H,19,24)(H,20,21)/t11-/m0/s1. The summed E-state index contributed by atoms with van der Waals surface area (Å²) in [6.07, 6.45) is 1.52. The van der Waals surface area contributed by atoms with E-state index in [4.69, 9.17) is 4.74 Å². The van der Waals surface area contributed by atoms with E-state index in [1.165, 1.54) is 11.3 Å². The van der Waals surface area contributed by atoms with Gasteiger partial charge in [-0.05, 0) is 30.5 Å². The zero-order valence-corrected chi connectivity index (χ0v) is 15.4. The van der Waals surface area contributed by atoms with Crippen molar-refractivity contribution >= 4 is 17.2 Å². The van der Waals surface area contributed by atoms with Crippen molar-refractivity contribution in [3.63, 3.8) is 0 Å². The maximum atomic E-state index is 12.5. The number of ether oxygens (including phenoxy) is 1. The van der Waals surface area contributed by atoms with Crippen molar-refractivity contribution in [1.29, 1.82) is 0 Å². The lowest BCUT2D eigenvalue weighted by atomic mass is 9.94. The lowest BCUT2D eigenvalue weighted by Gasteiger charge is -2.15. The van der Waals surface area contributed by atoms with Gasteiger partial charge in [0.25, 0.3) is 5.91 Å². The van der Waals surface area contributed by atoms with Crippen molar-refractivity contribution in [1.82, 2.24) is 25.5 Å². The second kappa shape index (κ2) is 6.87. The normalized spacial score (nSPS) is 16.7. The fraction of sp³-hybridized carbons (Fsp3) is 0.333. The van der Waals surface area contributed by atoms with Crippen LogP contribution in [0, 0.1) is 0 Å². The van der Waals surface area contributed by atoms with Gasteiger partial charge in [-0.15, -0.1) is 10.2 Å².